The smallest absolute Gasteiger partial charge is 0.236 e. The lowest BCUT2D eigenvalue weighted by atomic mass is 10.1. The van der Waals surface area contributed by atoms with E-state index in [0.29, 0.717) is 12.4 Å². The summed E-state index contributed by atoms with van der Waals surface area (Å²) < 4.78 is 5.51. The van der Waals surface area contributed by atoms with Crippen LogP contribution >= 0.6 is 11.3 Å². The molecule has 0 aliphatic rings. The van der Waals surface area contributed by atoms with Crippen molar-refractivity contribution in [3.8, 4) is 10.8 Å². The Morgan fingerprint density at radius 2 is 2.23 bits per heavy atom. The number of thiophene rings is 1. The van der Waals surface area contributed by atoms with Crippen LogP contribution in [0.25, 0.3) is 10.8 Å². The molecule has 0 bridgehead atoms. The molecule has 0 spiro atoms. The molecule has 2 aromatic heterocycles. The van der Waals surface area contributed by atoms with E-state index in [2.05, 4.69) is 23.3 Å². The lowest BCUT2D eigenvalue weighted by Crippen LogP contribution is -2.18. The van der Waals surface area contributed by atoms with Crippen molar-refractivity contribution in [1.29, 1.82) is 0 Å². The number of aliphatic hydroxyl groups is 1. The highest BCUT2D eigenvalue weighted by Crippen LogP contribution is 2.24. The largest absolute Gasteiger partial charge is 0.444 e. The molecule has 0 saturated heterocycles. The van der Waals surface area contributed by atoms with Crippen molar-refractivity contribution in [3.63, 3.8) is 0 Å². The van der Waals surface area contributed by atoms with E-state index in [9.17, 15) is 5.11 Å². The van der Waals surface area contributed by atoms with Crippen molar-refractivity contribution in [1.82, 2.24) is 10.3 Å². The summed E-state index contributed by atoms with van der Waals surface area (Å²) in [6.07, 6.45) is 1.69. The molecule has 1 aromatic carbocycles. The Hall–Kier alpha value is -1.95. The third kappa shape index (κ3) is 3.44. The number of aromatic nitrogens is 1. The van der Waals surface area contributed by atoms with E-state index in [0.717, 1.165) is 21.7 Å². The molecule has 1 atom stereocenters. The highest BCUT2D eigenvalue weighted by molar-refractivity contribution is 7.13. The molecular formula is C17H18N2O2S. The number of benzene rings is 1. The SMILES string of the molecule is CC(NCc1coc(-c2cccs2)n1)c1cccc(CO)c1. The van der Waals surface area contributed by atoms with Crippen LogP contribution in [0.15, 0.2) is 52.5 Å². The predicted octanol–water partition coefficient (Wildman–Crippen LogP) is 3.75. The van der Waals surface area contributed by atoms with E-state index in [1.807, 2.05) is 35.7 Å². The van der Waals surface area contributed by atoms with Gasteiger partial charge in [-0.2, -0.15) is 0 Å². The van der Waals surface area contributed by atoms with Crippen LogP contribution in [0.1, 0.15) is 29.8 Å². The standard InChI is InChI=1S/C17H18N2O2S/c1-12(14-5-2-4-13(8-14)10-20)18-9-15-11-21-17(19-15)16-6-3-7-22-16/h2-8,11-12,18,20H,9-10H2,1H3. The Morgan fingerprint density at radius 1 is 1.32 bits per heavy atom. The van der Waals surface area contributed by atoms with E-state index in [-0.39, 0.29) is 12.6 Å². The van der Waals surface area contributed by atoms with Crippen molar-refractivity contribution >= 4 is 11.3 Å². The van der Waals surface area contributed by atoms with Gasteiger partial charge in [-0.05, 0) is 29.5 Å². The number of nitrogens with zero attached hydrogens (tertiary/aromatic N) is 1. The van der Waals surface area contributed by atoms with Crippen molar-refractivity contribution in [2.45, 2.75) is 26.1 Å². The number of rotatable bonds is 6. The molecule has 3 aromatic rings. The summed E-state index contributed by atoms with van der Waals surface area (Å²) in [4.78, 5) is 5.53. The average Bonchev–Trinajstić information content (AvgIpc) is 3.23. The molecule has 0 amide bonds. The summed E-state index contributed by atoms with van der Waals surface area (Å²) in [6.45, 7) is 2.80. The third-order valence-electron chi connectivity index (χ3n) is 3.51. The fraction of sp³-hybridized carbons (Fsp3) is 0.235. The summed E-state index contributed by atoms with van der Waals surface area (Å²) in [5, 5.41) is 14.6. The molecule has 3 rings (SSSR count). The number of aliphatic hydroxyl groups excluding tert-OH is 1. The zero-order valence-electron chi connectivity index (χ0n) is 12.3. The van der Waals surface area contributed by atoms with Gasteiger partial charge in [0.25, 0.3) is 0 Å². The number of hydrogen-bond acceptors (Lipinski definition) is 5. The number of hydrogen-bond donors (Lipinski definition) is 2. The van der Waals surface area contributed by atoms with Gasteiger partial charge in [0.2, 0.25) is 5.89 Å². The third-order valence-corrected chi connectivity index (χ3v) is 4.36. The van der Waals surface area contributed by atoms with Crippen LogP contribution in [0.5, 0.6) is 0 Å². The zero-order valence-corrected chi connectivity index (χ0v) is 13.1. The maximum Gasteiger partial charge on any atom is 0.236 e. The Kier molecular flexibility index (Phi) is 4.68. The highest BCUT2D eigenvalue weighted by atomic mass is 32.1. The molecule has 1 unspecified atom stereocenters. The maximum absolute atomic E-state index is 9.20. The predicted molar refractivity (Wildman–Crippen MR) is 87.4 cm³/mol. The van der Waals surface area contributed by atoms with E-state index in [1.165, 1.54) is 0 Å². The van der Waals surface area contributed by atoms with E-state index in [1.54, 1.807) is 17.6 Å². The van der Waals surface area contributed by atoms with Gasteiger partial charge in [-0.15, -0.1) is 11.3 Å². The van der Waals surface area contributed by atoms with Gasteiger partial charge in [0.15, 0.2) is 0 Å². The van der Waals surface area contributed by atoms with Crippen LogP contribution in [-0.2, 0) is 13.2 Å². The fourth-order valence-corrected chi connectivity index (χ4v) is 2.89. The van der Waals surface area contributed by atoms with Crippen LogP contribution in [-0.4, -0.2) is 10.1 Å². The lowest BCUT2D eigenvalue weighted by Gasteiger charge is -2.14. The second-order valence-electron chi connectivity index (χ2n) is 5.13. The monoisotopic (exact) mass is 314 g/mol. The molecule has 2 N–H and O–H groups in total. The molecule has 22 heavy (non-hydrogen) atoms. The number of oxazole rings is 1. The first-order valence-corrected chi connectivity index (χ1v) is 8.05. The fourth-order valence-electron chi connectivity index (χ4n) is 2.24. The summed E-state index contributed by atoms with van der Waals surface area (Å²) in [7, 11) is 0. The lowest BCUT2D eigenvalue weighted by molar-refractivity contribution is 0.281. The molecule has 0 aliphatic heterocycles. The Balaban J connectivity index is 1.62. The number of nitrogens with one attached hydrogen (secondary N) is 1. The van der Waals surface area contributed by atoms with Crippen LogP contribution in [0.2, 0.25) is 0 Å². The van der Waals surface area contributed by atoms with Gasteiger partial charge in [-0.25, -0.2) is 4.98 Å². The van der Waals surface area contributed by atoms with Gasteiger partial charge >= 0.3 is 0 Å². The van der Waals surface area contributed by atoms with Crippen molar-refractivity contribution in [2.24, 2.45) is 0 Å². The van der Waals surface area contributed by atoms with Crippen molar-refractivity contribution < 1.29 is 9.52 Å². The Labute approximate surface area is 133 Å². The van der Waals surface area contributed by atoms with Crippen LogP contribution < -0.4 is 5.32 Å². The van der Waals surface area contributed by atoms with Gasteiger partial charge in [0, 0.05) is 12.6 Å². The first-order chi connectivity index (χ1) is 10.8. The summed E-state index contributed by atoms with van der Waals surface area (Å²) in [5.41, 5.74) is 2.95. The van der Waals surface area contributed by atoms with Crippen LogP contribution in [0.3, 0.4) is 0 Å². The van der Waals surface area contributed by atoms with E-state index in [4.69, 9.17) is 4.42 Å². The second-order valence-corrected chi connectivity index (χ2v) is 6.07. The van der Waals surface area contributed by atoms with Gasteiger partial charge in [0.1, 0.15) is 6.26 Å². The van der Waals surface area contributed by atoms with Crippen LogP contribution in [0.4, 0.5) is 0 Å². The van der Waals surface area contributed by atoms with E-state index >= 15 is 0 Å². The molecule has 0 saturated carbocycles. The minimum atomic E-state index is 0.0635. The summed E-state index contributed by atoms with van der Waals surface area (Å²) in [6, 6.07) is 12.1. The quantitative estimate of drug-likeness (QED) is 0.727. The molecule has 2 heterocycles. The molecule has 0 fully saturated rings. The van der Waals surface area contributed by atoms with Crippen molar-refractivity contribution in [3.05, 3.63) is 64.9 Å². The first-order valence-electron chi connectivity index (χ1n) is 7.17. The summed E-state index contributed by atoms with van der Waals surface area (Å²) in [5.74, 6) is 0.668. The molecule has 0 radical (unpaired) electrons. The van der Waals surface area contributed by atoms with Crippen LogP contribution in [0, 0.1) is 0 Å². The summed E-state index contributed by atoms with van der Waals surface area (Å²) >= 11 is 1.61. The molecular weight excluding hydrogens is 296 g/mol. The van der Waals surface area contributed by atoms with E-state index < -0.39 is 0 Å². The Morgan fingerprint density at radius 3 is 3.00 bits per heavy atom. The molecule has 0 aliphatic carbocycles. The van der Waals surface area contributed by atoms with Gasteiger partial charge in [-0.3, -0.25) is 0 Å². The molecule has 4 nitrogen and oxygen atoms in total. The van der Waals surface area contributed by atoms with Crippen molar-refractivity contribution in [2.75, 3.05) is 0 Å². The minimum Gasteiger partial charge on any atom is -0.444 e. The maximum atomic E-state index is 9.20. The molecule has 114 valence electrons. The molecule has 5 heteroatoms. The van der Waals surface area contributed by atoms with Gasteiger partial charge < -0.3 is 14.8 Å². The highest BCUT2D eigenvalue weighted by Gasteiger charge is 2.10. The minimum absolute atomic E-state index is 0.0635. The topological polar surface area (TPSA) is 58.3 Å². The zero-order chi connectivity index (χ0) is 15.4. The van der Waals surface area contributed by atoms with Gasteiger partial charge in [0.05, 0.1) is 17.2 Å². The second kappa shape index (κ2) is 6.87. The average molecular weight is 314 g/mol. The first kappa shape index (κ1) is 15.0. The Bertz CT molecular complexity index is 722. The normalized spacial score (nSPS) is 12.5. The van der Waals surface area contributed by atoms with Gasteiger partial charge in [-0.1, -0.05) is 30.3 Å².